The number of halogens is 1. The molecule has 3 aliphatic rings. The van der Waals surface area contributed by atoms with E-state index in [1.165, 1.54) is 5.56 Å². The summed E-state index contributed by atoms with van der Waals surface area (Å²) in [6, 6.07) is 2.16. The van der Waals surface area contributed by atoms with E-state index in [1.807, 2.05) is 0 Å². The van der Waals surface area contributed by atoms with Crippen molar-refractivity contribution in [3.8, 4) is 5.88 Å². The third-order valence-corrected chi connectivity index (χ3v) is 5.09. The summed E-state index contributed by atoms with van der Waals surface area (Å²) in [4.78, 5) is 4.37. The van der Waals surface area contributed by atoms with Crippen LogP contribution in [0.4, 0.5) is 0 Å². The maximum absolute atomic E-state index is 5.81. The van der Waals surface area contributed by atoms with Gasteiger partial charge >= 0.3 is 0 Å². The standard InChI is InChI=1S/C14H16BrNO3/c15-10-7-11-12(16-8-10)17-9-13(11)1-3-14(4-2-13)18-5-6-19-14/h7-8H,1-6,9H2. The van der Waals surface area contributed by atoms with Gasteiger partial charge in [0.1, 0.15) is 0 Å². The second-order valence-electron chi connectivity index (χ2n) is 5.68. The van der Waals surface area contributed by atoms with Crippen molar-refractivity contribution < 1.29 is 14.2 Å². The fraction of sp³-hybridized carbons (Fsp3) is 0.643. The van der Waals surface area contributed by atoms with Gasteiger partial charge in [0.05, 0.1) is 19.8 Å². The Hall–Kier alpha value is -0.650. The van der Waals surface area contributed by atoms with Crippen molar-refractivity contribution in [2.24, 2.45) is 0 Å². The molecule has 0 bridgehead atoms. The SMILES string of the molecule is Brc1cnc2c(c1)C1(CCC3(CC1)OCCO3)CO2. The first-order valence-corrected chi connectivity index (χ1v) is 7.58. The Morgan fingerprint density at radius 3 is 2.58 bits per heavy atom. The van der Waals surface area contributed by atoms with Crippen LogP contribution < -0.4 is 4.74 Å². The Morgan fingerprint density at radius 1 is 1.11 bits per heavy atom. The Bertz CT molecular complexity index is 503. The van der Waals surface area contributed by atoms with Crippen molar-refractivity contribution in [2.75, 3.05) is 19.8 Å². The topological polar surface area (TPSA) is 40.6 Å². The molecule has 1 aromatic heterocycles. The van der Waals surface area contributed by atoms with E-state index in [2.05, 4.69) is 27.0 Å². The number of hydrogen-bond donors (Lipinski definition) is 0. The summed E-state index contributed by atoms with van der Waals surface area (Å²) in [6.45, 7) is 2.20. The average molecular weight is 326 g/mol. The highest BCUT2D eigenvalue weighted by Gasteiger charge is 2.50. The maximum Gasteiger partial charge on any atom is 0.217 e. The quantitative estimate of drug-likeness (QED) is 0.735. The molecule has 0 radical (unpaired) electrons. The van der Waals surface area contributed by atoms with Gasteiger partial charge in [0.25, 0.3) is 0 Å². The van der Waals surface area contributed by atoms with Gasteiger partial charge in [-0.15, -0.1) is 0 Å². The number of nitrogens with zero attached hydrogens (tertiary/aromatic N) is 1. The van der Waals surface area contributed by atoms with Crippen LogP contribution in [0.2, 0.25) is 0 Å². The van der Waals surface area contributed by atoms with E-state index < -0.39 is 0 Å². The Labute approximate surface area is 120 Å². The zero-order valence-corrected chi connectivity index (χ0v) is 12.2. The molecule has 19 heavy (non-hydrogen) atoms. The lowest BCUT2D eigenvalue weighted by atomic mass is 9.69. The first-order valence-electron chi connectivity index (χ1n) is 6.78. The Balaban J connectivity index is 1.63. The number of ether oxygens (including phenoxy) is 3. The lowest BCUT2D eigenvalue weighted by molar-refractivity contribution is -0.185. The van der Waals surface area contributed by atoms with Crippen LogP contribution in [0, 0.1) is 0 Å². The summed E-state index contributed by atoms with van der Waals surface area (Å²) < 4.78 is 18.4. The van der Waals surface area contributed by atoms with Gasteiger partial charge < -0.3 is 14.2 Å². The summed E-state index contributed by atoms with van der Waals surface area (Å²) in [5.41, 5.74) is 1.35. The van der Waals surface area contributed by atoms with E-state index in [9.17, 15) is 0 Å². The lowest BCUT2D eigenvalue weighted by Crippen LogP contribution is -2.42. The van der Waals surface area contributed by atoms with Crippen LogP contribution in [0.25, 0.3) is 0 Å². The molecule has 1 aliphatic carbocycles. The second kappa shape index (κ2) is 4.17. The highest BCUT2D eigenvalue weighted by molar-refractivity contribution is 9.10. The molecule has 0 atom stereocenters. The van der Waals surface area contributed by atoms with Crippen LogP contribution in [0.15, 0.2) is 16.7 Å². The zero-order valence-electron chi connectivity index (χ0n) is 10.7. The fourth-order valence-corrected chi connectivity index (χ4v) is 3.85. The Kier molecular flexibility index (Phi) is 2.66. The first-order chi connectivity index (χ1) is 9.22. The molecule has 3 heterocycles. The van der Waals surface area contributed by atoms with Crippen LogP contribution >= 0.6 is 15.9 Å². The summed E-state index contributed by atoms with van der Waals surface area (Å²) >= 11 is 3.51. The molecule has 5 heteroatoms. The van der Waals surface area contributed by atoms with Crippen molar-refractivity contribution in [1.29, 1.82) is 0 Å². The number of fused-ring (bicyclic) bond motifs is 2. The van der Waals surface area contributed by atoms with E-state index in [1.54, 1.807) is 6.20 Å². The highest BCUT2D eigenvalue weighted by atomic mass is 79.9. The summed E-state index contributed by atoms with van der Waals surface area (Å²) in [7, 11) is 0. The minimum atomic E-state index is -0.312. The smallest absolute Gasteiger partial charge is 0.217 e. The molecule has 2 aliphatic heterocycles. The average Bonchev–Trinajstić information content (AvgIpc) is 3.01. The monoisotopic (exact) mass is 325 g/mol. The maximum atomic E-state index is 5.81. The summed E-state index contributed by atoms with van der Waals surface area (Å²) in [5.74, 6) is 0.486. The minimum Gasteiger partial charge on any atom is -0.476 e. The van der Waals surface area contributed by atoms with Crippen LogP contribution in [-0.4, -0.2) is 30.6 Å². The molecule has 2 fully saturated rings. The third kappa shape index (κ3) is 1.82. The molecule has 1 saturated carbocycles. The normalized spacial score (nSPS) is 26.6. The molecular formula is C14H16BrNO3. The molecule has 2 spiro atoms. The van der Waals surface area contributed by atoms with Gasteiger partial charge in [-0.3, -0.25) is 0 Å². The second-order valence-corrected chi connectivity index (χ2v) is 6.60. The highest BCUT2D eigenvalue weighted by Crippen LogP contribution is 2.51. The molecule has 102 valence electrons. The van der Waals surface area contributed by atoms with Crippen LogP contribution in [0.5, 0.6) is 5.88 Å². The molecule has 0 unspecified atom stereocenters. The van der Waals surface area contributed by atoms with Crippen LogP contribution in [0.1, 0.15) is 31.2 Å². The number of hydrogen-bond acceptors (Lipinski definition) is 4. The van der Waals surface area contributed by atoms with Crippen molar-refractivity contribution >= 4 is 15.9 Å². The van der Waals surface area contributed by atoms with Crippen molar-refractivity contribution in [2.45, 2.75) is 36.9 Å². The number of aromatic nitrogens is 1. The van der Waals surface area contributed by atoms with Gasteiger partial charge in [0.2, 0.25) is 5.88 Å². The molecule has 4 rings (SSSR count). The fourth-order valence-electron chi connectivity index (χ4n) is 3.51. The molecule has 0 N–H and O–H groups in total. The van der Waals surface area contributed by atoms with Gasteiger partial charge in [-0.25, -0.2) is 4.98 Å². The lowest BCUT2D eigenvalue weighted by Gasteiger charge is -2.40. The Morgan fingerprint density at radius 2 is 1.84 bits per heavy atom. The molecule has 0 aromatic carbocycles. The van der Waals surface area contributed by atoms with Gasteiger partial charge in [-0.2, -0.15) is 0 Å². The van der Waals surface area contributed by atoms with Gasteiger partial charge in [0.15, 0.2) is 5.79 Å². The molecule has 1 saturated heterocycles. The minimum absolute atomic E-state index is 0.104. The van der Waals surface area contributed by atoms with E-state index in [0.29, 0.717) is 0 Å². The van der Waals surface area contributed by atoms with Crippen LogP contribution in [-0.2, 0) is 14.9 Å². The van der Waals surface area contributed by atoms with Crippen molar-refractivity contribution in [3.05, 3.63) is 22.3 Å². The molecule has 4 nitrogen and oxygen atoms in total. The van der Waals surface area contributed by atoms with Gasteiger partial charge in [-0.1, -0.05) is 0 Å². The number of rotatable bonds is 0. The molecular weight excluding hydrogens is 310 g/mol. The van der Waals surface area contributed by atoms with E-state index >= 15 is 0 Å². The molecule has 1 aromatic rings. The summed E-state index contributed by atoms with van der Waals surface area (Å²) in [5, 5.41) is 0. The first kappa shape index (κ1) is 12.1. The predicted molar refractivity (Wildman–Crippen MR) is 72.2 cm³/mol. The number of pyridine rings is 1. The molecule has 0 amide bonds. The van der Waals surface area contributed by atoms with Crippen LogP contribution in [0.3, 0.4) is 0 Å². The van der Waals surface area contributed by atoms with E-state index in [0.717, 1.165) is 55.9 Å². The van der Waals surface area contributed by atoms with Crippen molar-refractivity contribution in [1.82, 2.24) is 4.98 Å². The van der Waals surface area contributed by atoms with Gasteiger partial charge in [-0.05, 0) is 34.8 Å². The third-order valence-electron chi connectivity index (χ3n) is 4.66. The van der Waals surface area contributed by atoms with E-state index in [-0.39, 0.29) is 11.2 Å². The van der Waals surface area contributed by atoms with Crippen molar-refractivity contribution in [3.63, 3.8) is 0 Å². The summed E-state index contributed by atoms with van der Waals surface area (Å²) in [6.07, 6.45) is 5.77. The largest absolute Gasteiger partial charge is 0.476 e. The predicted octanol–water partition coefficient (Wildman–Crippen LogP) is 2.79. The van der Waals surface area contributed by atoms with Gasteiger partial charge in [0, 0.05) is 34.5 Å². The zero-order chi connectivity index (χ0) is 12.9. The van der Waals surface area contributed by atoms with E-state index in [4.69, 9.17) is 14.2 Å².